The molecule has 0 aliphatic rings. The number of rotatable bonds is 5. The molecule has 2 amide bonds. The molecule has 3 unspecified atom stereocenters. The molecule has 1 heterocycles. The van der Waals surface area contributed by atoms with Crippen LogP contribution < -0.4 is 10.6 Å². The van der Waals surface area contributed by atoms with Crippen molar-refractivity contribution in [3.05, 3.63) is 30.1 Å². The van der Waals surface area contributed by atoms with Crippen LogP contribution in [0.4, 0.5) is 4.79 Å². The van der Waals surface area contributed by atoms with E-state index in [4.69, 9.17) is 5.11 Å². The van der Waals surface area contributed by atoms with E-state index in [1.807, 2.05) is 19.1 Å². The van der Waals surface area contributed by atoms with Crippen LogP contribution in [0.15, 0.2) is 24.4 Å². The molecule has 0 aromatic carbocycles. The van der Waals surface area contributed by atoms with Crippen molar-refractivity contribution in [2.24, 2.45) is 5.92 Å². The lowest BCUT2D eigenvalue weighted by molar-refractivity contribution is -0.141. The molecule has 0 aliphatic heterocycles. The van der Waals surface area contributed by atoms with Gasteiger partial charge in [-0.2, -0.15) is 0 Å². The van der Waals surface area contributed by atoms with Gasteiger partial charge in [-0.05, 0) is 32.9 Å². The zero-order valence-corrected chi connectivity index (χ0v) is 11.3. The second-order valence-corrected chi connectivity index (χ2v) is 4.51. The van der Waals surface area contributed by atoms with E-state index in [0.29, 0.717) is 0 Å². The predicted octanol–water partition coefficient (Wildman–Crippen LogP) is 1.55. The van der Waals surface area contributed by atoms with E-state index in [-0.39, 0.29) is 6.04 Å². The number of carboxylic acid groups (broad SMARTS) is 1. The maximum atomic E-state index is 11.7. The topological polar surface area (TPSA) is 91.3 Å². The largest absolute Gasteiger partial charge is 0.481 e. The van der Waals surface area contributed by atoms with Crippen LogP contribution >= 0.6 is 0 Å². The molecule has 0 saturated carbocycles. The summed E-state index contributed by atoms with van der Waals surface area (Å²) in [4.78, 5) is 26.6. The van der Waals surface area contributed by atoms with E-state index >= 15 is 0 Å². The highest BCUT2D eigenvalue weighted by atomic mass is 16.4. The van der Waals surface area contributed by atoms with Crippen molar-refractivity contribution in [1.29, 1.82) is 0 Å². The SMILES string of the molecule is CC(NC(=O)NC(C)C(C)C(=O)O)c1ccccn1. The lowest BCUT2D eigenvalue weighted by Gasteiger charge is -2.20. The van der Waals surface area contributed by atoms with E-state index in [2.05, 4.69) is 15.6 Å². The molecule has 1 rings (SSSR count). The van der Waals surface area contributed by atoms with Crippen LogP contribution in [0, 0.1) is 5.92 Å². The third-order valence-corrected chi connectivity index (χ3v) is 2.98. The second-order valence-electron chi connectivity index (χ2n) is 4.51. The monoisotopic (exact) mass is 265 g/mol. The summed E-state index contributed by atoms with van der Waals surface area (Å²) < 4.78 is 0. The van der Waals surface area contributed by atoms with Crippen LogP contribution in [0.3, 0.4) is 0 Å². The number of hydrogen-bond acceptors (Lipinski definition) is 3. The van der Waals surface area contributed by atoms with Gasteiger partial charge in [-0.25, -0.2) is 4.79 Å². The van der Waals surface area contributed by atoms with Crippen LogP contribution in [0.1, 0.15) is 32.5 Å². The average Bonchev–Trinajstić information content (AvgIpc) is 2.38. The van der Waals surface area contributed by atoms with Crippen molar-refractivity contribution in [2.75, 3.05) is 0 Å². The first-order valence-corrected chi connectivity index (χ1v) is 6.12. The van der Waals surface area contributed by atoms with Crippen LogP contribution in [-0.2, 0) is 4.79 Å². The van der Waals surface area contributed by atoms with Gasteiger partial charge >= 0.3 is 12.0 Å². The number of carbonyl (C=O) groups is 2. The molecular weight excluding hydrogens is 246 g/mol. The fourth-order valence-corrected chi connectivity index (χ4v) is 1.49. The number of hydrogen-bond donors (Lipinski definition) is 3. The highest BCUT2D eigenvalue weighted by Crippen LogP contribution is 2.08. The molecule has 3 atom stereocenters. The molecule has 6 nitrogen and oxygen atoms in total. The minimum absolute atomic E-state index is 0.242. The first-order chi connectivity index (χ1) is 8.91. The Morgan fingerprint density at radius 3 is 2.42 bits per heavy atom. The molecular formula is C13H19N3O3. The molecule has 0 fully saturated rings. The molecule has 3 N–H and O–H groups in total. The standard InChI is InChI=1S/C13H19N3O3/c1-8(12(17)18)9(2)15-13(19)16-10(3)11-6-4-5-7-14-11/h4-10H,1-3H3,(H,17,18)(H2,15,16,19). The Hall–Kier alpha value is -2.11. The number of carboxylic acids is 1. The van der Waals surface area contributed by atoms with Gasteiger partial charge in [0.25, 0.3) is 0 Å². The minimum atomic E-state index is -0.939. The van der Waals surface area contributed by atoms with Gasteiger partial charge in [-0.1, -0.05) is 6.07 Å². The first kappa shape index (κ1) is 14.9. The molecule has 0 bridgehead atoms. The van der Waals surface area contributed by atoms with Gasteiger partial charge < -0.3 is 15.7 Å². The van der Waals surface area contributed by atoms with E-state index in [9.17, 15) is 9.59 Å². The fourth-order valence-electron chi connectivity index (χ4n) is 1.49. The number of amides is 2. The van der Waals surface area contributed by atoms with E-state index in [1.165, 1.54) is 0 Å². The molecule has 19 heavy (non-hydrogen) atoms. The lowest BCUT2D eigenvalue weighted by atomic mass is 10.0. The zero-order chi connectivity index (χ0) is 14.4. The molecule has 104 valence electrons. The van der Waals surface area contributed by atoms with Crippen molar-refractivity contribution in [3.8, 4) is 0 Å². The van der Waals surface area contributed by atoms with E-state index in [0.717, 1.165) is 5.69 Å². The van der Waals surface area contributed by atoms with Gasteiger partial charge in [0.05, 0.1) is 17.7 Å². The van der Waals surface area contributed by atoms with Crippen LogP contribution in [0.2, 0.25) is 0 Å². The van der Waals surface area contributed by atoms with Gasteiger partial charge in [0, 0.05) is 12.2 Å². The van der Waals surface area contributed by atoms with Gasteiger partial charge in [0.1, 0.15) is 0 Å². The Labute approximate surface area is 112 Å². The Kier molecular flexibility index (Phi) is 5.29. The van der Waals surface area contributed by atoms with Gasteiger partial charge in [0.2, 0.25) is 0 Å². The lowest BCUT2D eigenvalue weighted by Crippen LogP contribution is -2.45. The molecule has 0 saturated heterocycles. The Morgan fingerprint density at radius 2 is 1.89 bits per heavy atom. The maximum absolute atomic E-state index is 11.7. The van der Waals surface area contributed by atoms with Crippen molar-refractivity contribution < 1.29 is 14.7 Å². The normalized spacial score (nSPS) is 15.1. The summed E-state index contributed by atoms with van der Waals surface area (Å²) in [5.74, 6) is -1.58. The maximum Gasteiger partial charge on any atom is 0.315 e. The number of aliphatic carboxylic acids is 1. The van der Waals surface area contributed by atoms with Gasteiger partial charge in [0.15, 0.2) is 0 Å². The average molecular weight is 265 g/mol. The first-order valence-electron chi connectivity index (χ1n) is 6.12. The Bertz CT molecular complexity index is 436. The summed E-state index contributed by atoms with van der Waals surface area (Å²) in [7, 11) is 0. The summed E-state index contributed by atoms with van der Waals surface area (Å²) in [5, 5.41) is 14.2. The van der Waals surface area contributed by atoms with Crippen molar-refractivity contribution >= 4 is 12.0 Å². The van der Waals surface area contributed by atoms with Crippen molar-refractivity contribution in [2.45, 2.75) is 32.9 Å². The third kappa shape index (κ3) is 4.57. The molecule has 0 spiro atoms. The summed E-state index contributed by atoms with van der Waals surface area (Å²) in [6.45, 7) is 5.02. The van der Waals surface area contributed by atoms with Crippen LogP contribution in [-0.4, -0.2) is 28.1 Å². The summed E-state index contributed by atoms with van der Waals surface area (Å²) in [5.41, 5.74) is 0.747. The second kappa shape index (κ2) is 6.72. The van der Waals surface area contributed by atoms with Crippen molar-refractivity contribution in [3.63, 3.8) is 0 Å². The number of carbonyl (C=O) groups excluding carboxylic acids is 1. The molecule has 1 aromatic heterocycles. The Balaban J connectivity index is 2.50. The highest BCUT2D eigenvalue weighted by Gasteiger charge is 2.21. The summed E-state index contributed by atoms with van der Waals surface area (Å²) >= 11 is 0. The van der Waals surface area contributed by atoms with Gasteiger partial charge in [-0.3, -0.25) is 9.78 Å². The number of pyridine rings is 1. The van der Waals surface area contributed by atoms with E-state index in [1.54, 1.807) is 26.1 Å². The predicted molar refractivity (Wildman–Crippen MR) is 70.6 cm³/mol. The Morgan fingerprint density at radius 1 is 1.21 bits per heavy atom. The molecule has 0 aliphatic carbocycles. The number of urea groups is 1. The van der Waals surface area contributed by atoms with Gasteiger partial charge in [-0.15, -0.1) is 0 Å². The smallest absolute Gasteiger partial charge is 0.315 e. The molecule has 6 heteroatoms. The molecule has 0 radical (unpaired) electrons. The zero-order valence-electron chi connectivity index (χ0n) is 11.3. The van der Waals surface area contributed by atoms with Crippen LogP contribution in [0.5, 0.6) is 0 Å². The fraction of sp³-hybridized carbons (Fsp3) is 0.462. The summed E-state index contributed by atoms with van der Waals surface area (Å²) in [6.07, 6.45) is 1.65. The summed E-state index contributed by atoms with van der Waals surface area (Å²) in [6, 6.07) is 4.36. The molecule has 1 aromatic rings. The van der Waals surface area contributed by atoms with E-state index < -0.39 is 24.0 Å². The highest BCUT2D eigenvalue weighted by molar-refractivity contribution is 5.76. The number of nitrogens with zero attached hydrogens (tertiary/aromatic N) is 1. The number of nitrogens with one attached hydrogen (secondary N) is 2. The number of aromatic nitrogens is 1. The third-order valence-electron chi connectivity index (χ3n) is 2.98. The quantitative estimate of drug-likeness (QED) is 0.753. The van der Waals surface area contributed by atoms with Crippen LogP contribution in [0.25, 0.3) is 0 Å². The minimum Gasteiger partial charge on any atom is -0.481 e. The van der Waals surface area contributed by atoms with Crippen molar-refractivity contribution in [1.82, 2.24) is 15.6 Å².